The minimum Gasteiger partial charge on any atom is -0.478 e. The van der Waals surface area contributed by atoms with Gasteiger partial charge in [0.15, 0.2) is 0 Å². The third-order valence-electron chi connectivity index (χ3n) is 3.41. The van der Waals surface area contributed by atoms with Crippen LogP contribution in [0.3, 0.4) is 0 Å². The quantitative estimate of drug-likeness (QED) is 0.836. The predicted octanol–water partition coefficient (Wildman–Crippen LogP) is 2.63. The lowest BCUT2D eigenvalue weighted by Gasteiger charge is -2.35. The minimum atomic E-state index is -1.02. The van der Waals surface area contributed by atoms with E-state index in [1.54, 1.807) is 6.07 Å². The molecule has 0 saturated carbocycles. The van der Waals surface area contributed by atoms with Crippen molar-refractivity contribution in [1.82, 2.24) is 0 Å². The van der Waals surface area contributed by atoms with Gasteiger partial charge in [-0.2, -0.15) is 0 Å². The van der Waals surface area contributed by atoms with E-state index in [9.17, 15) is 9.90 Å². The number of benzene rings is 1. The summed E-state index contributed by atoms with van der Waals surface area (Å²) in [5.41, 5.74) is 6.72. The number of nitrogen functional groups attached to an aromatic ring is 1. The van der Waals surface area contributed by atoms with E-state index in [2.05, 4.69) is 0 Å². The maximum Gasteiger partial charge on any atom is 0.337 e. The Hall–Kier alpha value is -1.46. The number of piperidine rings is 1. The molecule has 6 heteroatoms. The van der Waals surface area contributed by atoms with Crippen LogP contribution in [0.25, 0.3) is 0 Å². The number of hydrogen-bond donors (Lipinski definition) is 2. The normalized spacial score (nSPS) is 19.1. The fourth-order valence-corrected chi connectivity index (χ4v) is 2.96. The van der Waals surface area contributed by atoms with Crippen molar-refractivity contribution in [2.24, 2.45) is 0 Å². The van der Waals surface area contributed by atoms with Gasteiger partial charge in [-0.05, 0) is 31.9 Å². The Balaban J connectivity index is 2.33. The van der Waals surface area contributed by atoms with Gasteiger partial charge in [0.05, 0.1) is 22.4 Å². The first-order valence-electron chi connectivity index (χ1n) is 6.71. The van der Waals surface area contributed by atoms with E-state index in [0.717, 1.165) is 19.4 Å². The van der Waals surface area contributed by atoms with Crippen molar-refractivity contribution < 1.29 is 14.6 Å². The van der Waals surface area contributed by atoms with Gasteiger partial charge in [-0.1, -0.05) is 11.6 Å². The van der Waals surface area contributed by atoms with Crippen molar-refractivity contribution in [3.05, 3.63) is 22.7 Å². The van der Waals surface area contributed by atoms with Gasteiger partial charge in [0.1, 0.15) is 0 Å². The number of nitrogens with zero attached hydrogens (tertiary/aromatic N) is 1. The van der Waals surface area contributed by atoms with Crippen molar-refractivity contribution in [3.63, 3.8) is 0 Å². The summed E-state index contributed by atoms with van der Waals surface area (Å²) in [6.07, 6.45) is 2.05. The largest absolute Gasteiger partial charge is 0.478 e. The summed E-state index contributed by atoms with van der Waals surface area (Å²) in [5.74, 6) is -1.02. The molecule has 0 bridgehead atoms. The number of halogens is 1. The molecule has 2 rings (SSSR count). The zero-order chi connectivity index (χ0) is 14.7. The molecule has 1 atom stereocenters. The number of carboxylic acid groups (broad SMARTS) is 1. The van der Waals surface area contributed by atoms with Gasteiger partial charge < -0.3 is 20.5 Å². The van der Waals surface area contributed by atoms with E-state index in [1.807, 2.05) is 11.8 Å². The van der Waals surface area contributed by atoms with Gasteiger partial charge in [0, 0.05) is 25.4 Å². The number of hydrogen-bond acceptors (Lipinski definition) is 4. The first kappa shape index (κ1) is 14.9. The van der Waals surface area contributed by atoms with Crippen LogP contribution in [0.5, 0.6) is 0 Å². The summed E-state index contributed by atoms with van der Waals surface area (Å²) in [7, 11) is 0. The van der Waals surface area contributed by atoms with Crippen LogP contribution in [0.15, 0.2) is 12.1 Å². The molecule has 0 aliphatic carbocycles. The highest BCUT2D eigenvalue weighted by Crippen LogP contribution is 2.34. The summed E-state index contributed by atoms with van der Waals surface area (Å²) < 4.78 is 5.64. The van der Waals surface area contributed by atoms with Gasteiger partial charge in [-0.15, -0.1) is 0 Å². The minimum absolute atomic E-state index is 0.115. The number of rotatable bonds is 4. The Bertz CT molecular complexity index is 505. The molecule has 0 radical (unpaired) electrons. The molecule has 3 N–H and O–H groups in total. The average molecular weight is 299 g/mol. The summed E-state index contributed by atoms with van der Waals surface area (Å²) in [6, 6.07) is 3.04. The van der Waals surface area contributed by atoms with Gasteiger partial charge >= 0.3 is 5.97 Å². The van der Waals surface area contributed by atoms with Crippen LogP contribution >= 0.6 is 11.6 Å². The van der Waals surface area contributed by atoms with Gasteiger partial charge in [-0.25, -0.2) is 4.79 Å². The Labute approximate surface area is 123 Å². The molecule has 110 valence electrons. The van der Waals surface area contributed by atoms with Crippen molar-refractivity contribution in [1.29, 1.82) is 0 Å². The third kappa shape index (κ3) is 3.16. The lowest BCUT2D eigenvalue weighted by molar-refractivity contribution is 0.0524. The van der Waals surface area contributed by atoms with Crippen molar-refractivity contribution >= 4 is 28.9 Å². The molecule has 1 unspecified atom stereocenters. The summed E-state index contributed by atoms with van der Waals surface area (Å²) >= 11 is 6.21. The number of aromatic carboxylic acids is 1. The lowest BCUT2D eigenvalue weighted by atomic mass is 10.0. The predicted molar refractivity (Wildman–Crippen MR) is 79.7 cm³/mol. The summed E-state index contributed by atoms with van der Waals surface area (Å²) in [4.78, 5) is 13.4. The number of carbonyl (C=O) groups is 1. The molecule has 1 fully saturated rings. The fourth-order valence-electron chi connectivity index (χ4n) is 2.62. The molecule has 0 amide bonds. The second-order valence-corrected chi connectivity index (χ2v) is 5.28. The monoisotopic (exact) mass is 298 g/mol. The topological polar surface area (TPSA) is 75.8 Å². The maximum absolute atomic E-state index is 11.4. The summed E-state index contributed by atoms with van der Waals surface area (Å²) in [5, 5.41) is 9.72. The van der Waals surface area contributed by atoms with Gasteiger partial charge in [0.2, 0.25) is 0 Å². The van der Waals surface area contributed by atoms with Crippen LogP contribution in [0.1, 0.15) is 30.1 Å². The molecule has 1 aliphatic heterocycles. The smallest absolute Gasteiger partial charge is 0.337 e. The Morgan fingerprint density at radius 2 is 2.35 bits per heavy atom. The van der Waals surface area contributed by atoms with Crippen LogP contribution < -0.4 is 10.6 Å². The molecule has 20 heavy (non-hydrogen) atoms. The van der Waals surface area contributed by atoms with Crippen molar-refractivity contribution in [3.8, 4) is 0 Å². The van der Waals surface area contributed by atoms with E-state index < -0.39 is 5.97 Å². The van der Waals surface area contributed by atoms with Crippen molar-refractivity contribution in [2.75, 3.05) is 30.3 Å². The number of carboxylic acids is 1. The zero-order valence-corrected chi connectivity index (χ0v) is 12.2. The Morgan fingerprint density at radius 3 is 3.00 bits per heavy atom. The van der Waals surface area contributed by atoms with Crippen LogP contribution in [0.4, 0.5) is 11.4 Å². The van der Waals surface area contributed by atoms with E-state index in [-0.39, 0.29) is 11.7 Å². The van der Waals surface area contributed by atoms with Gasteiger partial charge in [-0.3, -0.25) is 0 Å². The zero-order valence-electron chi connectivity index (χ0n) is 11.4. The highest BCUT2D eigenvalue weighted by molar-refractivity contribution is 6.34. The first-order valence-corrected chi connectivity index (χ1v) is 7.09. The van der Waals surface area contributed by atoms with Crippen LogP contribution in [-0.2, 0) is 4.74 Å². The second-order valence-electron chi connectivity index (χ2n) is 4.87. The highest BCUT2D eigenvalue weighted by Gasteiger charge is 2.26. The Kier molecular flexibility index (Phi) is 4.73. The molecular weight excluding hydrogens is 280 g/mol. The number of nitrogens with two attached hydrogens (primary N) is 1. The van der Waals surface area contributed by atoms with Crippen molar-refractivity contribution in [2.45, 2.75) is 25.9 Å². The molecule has 1 aliphatic rings. The standard InChI is InChI=1S/C14H19ClN2O3/c1-2-20-10-4-3-5-17(8-10)13-11(14(18)19)6-9(16)7-12(13)15/h6-7,10H,2-5,8,16H2,1H3,(H,18,19). The number of anilines is 2. The maximum atomic E-state index is 11.4. The molecule has 1 saturated heterocycles. The molecule has 1 heterocycles. The third-order valence-corrected chi connectivity index (χ3v) is 3.70. The number of ether oxygens (including phenoxy) is 1. The highest BCUT2D eigenvalue weighted by atomic mass is 35.5. The Morgan fingerprint density at radius 1 is 1.60 bits per heavy atom. The molecule has 5 nitrogen and oxygen atoms in total. The van der Waals surface area contributed by atoms with E-state index >= 15 is 0 Å². The van der Waals surface area contributed by atoms with Crippen LogP contribution in [0.2, 0.25) is 5.02 Å². The van der Waals surface area contributed by atoms with Crippen LogP contribution in [-0.4, -0.2) is 36.9 Å². The lowest BCUT2D eigenvalue weighted by Crippen LogP contribution is -2.40. The molecule has 1 aromatic carbocycles. The average Bonchev–Trinajstić information content (AvgIpc) is 2.38. The molecule has 0 aromatic heterocycles. The van der Waals surface area contributed by atoms with E-state index in [0.29, 0.717) is 29.5 Å². The molecule has 0 spiro atoms. The fraction of sp³-hybridized carbons (Fsp3) is 0.500. The van der Waals surface area contributed by atoms with Crippen LogP contribution in [0, 0.1) is 0 Å². The van der Waals surface area contributed by atoms with E-state index in [4.69, 9.17) is 22.1 Å². The van der Waals surface area contributed by atoms with Gasteiger partial charge in [0.25, 0.3) is 0 Å². The van der Waals surface area contributed by atoms with E-state index in [1.165, 1.54) is 6.07 Å². The second kappa shape index (κ2) is 6.33. The molecular formula is C14H19ClN2O3. The summed E-state index contributed by atoms with van der Waals surface area (Å²) in [6.45, 7) is 4.03. The SMILES string of the molecule is CCOC1CCCN(c2c(Cl)cc(N)cc2C(=O)O)C1. The first-order chi connectivity index (χ1) is 9.52. The molecule has 1 aromatic rings.